The van der Waals surface area contributed by atoms with Gasteiger partial charge in [-0.25, -0.2) is 8.42 Å². The second kappa shape index (κ2) is 4.88. The van der Waals surface area contributed by atoms with Crippen LogP contribution in [0.15, 0.2) is 11.1 Å². The highest BCUT2D eigenvalue weighted by Gasteiger charge is 2.53. The lowest BCUT2D eigenvalue weighted by Gasteiger charge is -2.20. The molecule has 2 fully saturated rings. The first-order chi connectivity index (χ1) is 10.3. The summed E-state index contributed by atoms with van der Waals surface area (Å²) in [7, 11) is -3.72. The van der Waals surface area contributed by atoms with Gasteiger partial charge < -0.3 is 0 Å². The van der Waals surface area contributed by atoms with E-state index in [4.69, 9.17) is 0 Å². The van der Waals surface area contributed by atoms with Crippen LogP contribution in [-0.4, -0.2) is 47.4 Å². The van der Waals surface area contributed by atoms with E-state index in [0.29, 0.717) is 18.7 Å². The summed E-state index contributed by atoms with van der Waals surface area (Å²) in [5.74, 6) is -0.700. The third kappa shape index (κ3) is 2.15. The third-order valence-electron chi connectivity index (χ3n) is 4.32. The average molecular weight is 326 g/mol. The Kier molecular flexibility index (Phi) is 3.37. The maximum atomic E-state index is 12.8. The Bertz CT molecular complexity index is 754. The Morgan fingerprint density at radius 2 is 2.14 bits per heavy atom. The molecule has 22 heavy (non-hydrogen) atoms. The van der Waals surface area contributed by atoms with Gasteiger partial charge in [-0.05, 0) is 26.3 Å². The number of imide groups is 1. The molecule has 2 saturated heterocycles. The van der Waals surface area contributed by atoms with Crippen LogP contribution in [0, 0.1) is 12.3 Å². The number of nitrogens with one attached hydrogen (secondary N) is 1. The third-order valence-corrected chi connectivity index (χ3v) is 6.17. The Morgan fingerprint density at radius 3 is 2.73 bits per heavy atom. The standard InChI is InChI=1S/C13H18N4O4S/c1-3-17-11(6-9(2)15-17)22(20,21)16-5-4-13(8-16)7-10(18)14-12(13)19/h6H,3-5,7-8H2,1-2H3,(H,14,18,19)/t13-/m0/s1. The monoisotopic (exact) mass is 326 g/mol. The van der Waals surface area contributed by atoms with Crippen LogP contribution in [0.5, 0.6) is 0 Å². The Morgan fingerprint density at radius 1 is 1.41 bits per heavy atom. The molecule has 1 spiro atoms. The van der Waals surface area contributed by atoms with E-state index in [1.54, 1.807) is 6.92 Å². The zero-order valence-electron chi connectivity index (χ0n) is 12.5. The SMILES string of the molecule is CCn1nc(C)cc1S(=O)(=O)N1CC[C@]2(CC(=O)NC2=O)C1. The number of hydrogen-bond acceptors (Lipinski definition) is 5. The summed E-state index contributed by atoms with van der Waals surface area (Å²) in [5, 5.41) is 6.56. The summed E-state index contributed by atoms with van der Waals surface area (Å²) in [4.78, 5) is 23.4. The molecule has 1 aromatic heterocycles. The van der Waals surface area contributed by atoms with Crippen LogP contribution in [0.2, 0.25) is 0 Å². The summed E-state index contributed by atoms with van der Waals surface area (Å²) < 4.78 is 28.3. The predicted molar refractivity (Wildman–Crippen MR) is 76.2 cm³/mol. The largest absolute Gasteiger partial charge is 0.296 e. The number of nitrogens with zero attached hydrogens (tertiary/aromatic N) is 3. The number of sulfonamides is 1. The van der Waals surface area contributed by atoms with Crippen molar-refractivity contribution in [2.45, 2.75) is 38.3 Å². The first-order valence-corrected chi connectivity index (χ1v) is 8.61. The summed E-state index contributed by atoms with van der Waals surface area (Å²) in [6.07, 6.45) is 0.424. The van der Waals surface area contributed by atoms with Gasteiger partial charge in [0, 0.05) is 26.1 Å². The van der Waals surface area contributed by atoms with Crippen LogP contribution in [0.25, 0.3) is 0 Å². The maximum absolute atomic E-state index is 12.8. The van der Waals surface area contributed by atoms with E-state index in [-0.39, 0.29) is 36.4 Å². The van der Waals surface area contributed by atoms with Gasteiger partial charge in [-0.2, -0.15) is 9.40 Å². The number of amides is 2. The van der Waals surface area contributed by atoms with Crippen LogP contribution in [0.1, 0.15) is 25.5 Å². The van der Waals surface area contributed by atoms with E-state index in [9.17, 15) is 18.0 Å². The molecule has 2 aliphatic rings. The fraction of sp³-hybridized carbons (Fsp3) is 0.615. The van der Waals surface area contributed by atoms with Crippen LogP contribution in [0.3, 0.4) is 0 Å². The molecular weight excluding hydrogens is 308 g/mol. The van der Waals surface area contributed by atoms with Crippen molar-refractivity contribution in [3.63, 3.8) is 0 Å². The molecule has 0 aliphatic carbocycles. The fourth-order valence-corrected chi connectivity index (χ4v) is 4.92. The fourth-order valence-electron chi connectivity index (χ4n) is 3.15. The first-order valence-electron chi connectivity index (χ1n) is 7.17. The minimum atomic E-state index is -3.72. The minimum Gasteiger partial charge on any atom is -0.296 e. The Hall–Kier alpha value is -1.74. The highest BCUT2D eigenvalue weighted by atomic mass is 32.2. The molecule has 0 radical (unpaired) electrons. The summed E-state index contributed by atoms with van der Waals surface area (Å²) in [6, 6.07) is 1.53. The first kappa shape index (κ1) is 15.2. The van der Waals surface area contributed by atoms with Crippen LogP contribution in [0.4, 0.5) is 0 Å². The van der Waals surface area contributed by atoms with Gasteiger partial charge in [-0.15, -0.1) is 0 Å². The summed E-state index contributed by atoms with van der Waals surface area (Å²) in [5.41, 5.74) is -0.279. The molecule has 0 bridgehead atoms. The molecule has 0 saturated carbocycles. The second-order valence-electron chi connectivity index (χ2n) is 5.86. The molecule has 3 heterocycles. The maximum Gasteiger partial charge on any atom is 0.260 e. The Labute approximate surface area is 128 Å². The lowest BCUT2D eigenvalue weighted by atomic mass is 9.86. The van der Waals surface area contributed by atoms with Gasteiger partial charge in [0.05, 0.1) is 11.1 Å². The molecule has 0 unspecified atom stereocenters. The molecule has 3 rings (SSSR count). The van der Waals surface area contributed by atoms with Crippen molar-refractivity contribution >= 4 is 21.8 Å². The van der Waals surface area contributed by atoms with E-state index >= 15 is 0 Å². The van der Waals surface area contributed by atoms with Crippen molar-refractivity contribution in [3.05, 3.63) is 11.8 Å². The highest BCUT2D eigenvalue weighted by Crippen LogP contribution is 2.39. The number of hydrogen-bond donors (Lipinski definition) is 1. The minimum absolute atomic E-state index is 0.0425. The van der Waals surface area contributed by atoms with Crippen LogP contribution in [-0.2, 0) is 26.2 Å². The Balaban J connectivity index is 1.92. The van der Waals surface area contributed by atoms with Gasteiger partial charge in [-0.3, -0.25) is 19.6 Å². The van der Waals surface area contributed by atoms with E-state index < -0.39 is 15.4 Å². The van der Waals surface area contributed by atoms with Crippen molar-refractivity contribution in [1.82, 2.24) is 19.4 Å². The van der Waals surface area contributed by atoms with Crippen molar-refractivity contribution in [1.29, 1.82) is 0 Å². The summed E-state index contributed by atoms with van der Waals surface area (Å²) in [6.45, 7) is 4.28. The molecule has 120 valence electrons. The molecule has 1 N–H and O–H groups in total. The normalized spacial score (nSPS) is 26.1. The van der Waals surface area contributed by atoms with Gasteiger partial charge in [0.2, 0.25) is 11.8 Å². The molecule has 8 nitrogen and oxygen atoms in total. The van der Waals surface area contributed by atoms with E-state index in [2.05, 4.69) is 10.4 Å². The van der Waals surface area contributed by atoms with Crippen LogP contribution >= 0.6 is 0 Å². The molecular formula is C13H18N4O4S. The van der Waals surface area contributed by atoms with Gasteiger partial charge in [0.15, 0.2) is 5.03 Å². The van der Waals surface area contributed by atoms with E-state index in [1.807, 2.05) is 6.92 Å². The van der Waals surface area contributed by atoms with Gasteiger partial charge in [-0.1, -0.05) is 0 Å². The van der Waals surface area contributed by atoms with Crippen molar-refractivity contribution in [2.75, 3.05) is 13.1 Å². The molecule has 0 aromatic carbocycles. The second-order valence-corrected chi connectivity index (χ2v) is 7.75. The zero-order chi connectivity index (χ0) is 16.1. The predicted octanol–water partition coefficient (Wildman–Crippen LogP) is -0.361. The molecule has 1 aromatic rings. The molecule has 1 atom stereocenters. The number of rotatable bonds is 3. The van der Waals surface area contributed by atoms with Gasteiger partial charge >= 0.3 is 0 Å². The number of carbonyl (C=O) groups excluding carboxylic acids is 2. The molecule has 2 aliphatic heterocycles. The summed E-state index contributed by atoms with van der Waals surface area (Å²) >= 11 is 0. The quantitative estimate of drug-likeness (QED) is 0.764. The van der Waals surface area contributed by atoms with Crippen LogP contribution < -0.4 is 5.32 Å². The number of aryl methyl sites for hydroxylation is 2. The highest BCUT2D eigenvalue weighted by molar-refractivity contribution is 7.89. The lowest BCUT2D eigenvalue weighted by Crippen LogP contribution is -2.37. The number of carbonyl (C=O) groups is 2. The van der Waals surface area contributed by atoms with E-state index in [1.165, 1.54) is 15.1 Å². The average Bonchev–Trinajstić information content (AvgIpc) is 3.10. The number of aromatic nitrogens is 2. The lowest BCUT2D eigenvalue weighted by molar-refractivity contribution is -0.128. The molecule has 2 amide bonds. The topological polar surface area (TPSA) is 101 Å². The van der Waals surface area contributed by atoms with Crippen molar-refractivity contribution in [2.24, 2.45) is 5.41 Å². The van der Waals surface area contributed by atoms with Crippen molar-refractivity contribution in [3.8, 4) is 0 Å². The smallest absolute Gasteiger partial charge is 0.260 e. The molecule has 9 heteroatoms. The van der Waals surface area contributed by atoms with Gasteiger partial charge in [0.25, 0.3) is 10.0 Å². The van der Waals surface area contributed by atoms with E-state index in [0.717, 1.165) is 0 Å². The zero-order valence-corrected chi connectivity index (χ0v) is 13.3. The van der Waals surface area contributed by atoms with Gasteiger partial charge in [0.1, 0.15) is 0 Å². The van der Waals surface area contributed by atoms with Crippen molar-refractivity contribution < 1.29 is 18.0 Å².